The molecule has 0 aliphatic carbocycles. The lowest BCUT2D eigenvalue weighted by molar-refractivity contribution is -0.155. The van der Waals surface area contributed by atoms with Crippen LogP contribution in [0.3, 0.4) is 0 Å². The van der Waals surface area contributed by atoms with E-state index >= 15 is 0 Å². The van der Waals surface area contributed by atoms with Crippen LogP contribution in [0, 0.1) is 0 Å². The first kappa shape index (κ1) is 107. The minimum absolute atomic E-state index is 0.0621. The number of nitrogens with zero attached hydrogens (tertiary/aromatic N) is 6. The molecule has 14 rings (SSSR count). The summed E-state index contributed by atoms with van der Waals surface area (Å²) in [6.07, 6.45) is 15.9. The van der Waals surface area contributed by atoms with E-state index in [1.165, 1.54) is 60.5 Å². The average molecular weight is 1960 g/mol. The van der Waals surface area contributed by atoms with Gasteiger partial charge in [-0.2, -0.15) is 35.3 Å². The zero-order valence-corrected chi connectivity index (χ0v) is 85.6. The van der Waals surface area contributed by atoms with Gasteiger partial charge in [0.15, 0.2) is 0 Å². The Bertz CT molecular complexity index is 6170. The number of carboxylic acid groups (broad SMARTS) is 2. The second-order valence-corrected chi connectivity index (χ2v) is 42.9. The summed E-state index contributed by atoms with van der Waals surface area (Å²) in [4.78, 5) is 135. The number of carbonyl (C=O) groups is 9. The third-order valence-corrected chi connectivity index (χ3v) is 27.0. The van der Waals surface area contributed by atoms with Gasteiger partial charge in [0.2, 0.25) is 0 Å². The van der Waals surface area contributed by atoms with E-state index in [1.807, 2.05) is 151 Å². The first-order valence-electron chi connectivity index (χ1n) is 48.6. The molecule has 0 saturated carbocycles. The van der Waals surface area contributed by atoms with Crippen molar-refractivity contribution < 1.29 is 62.8 Å². The van der Waals surface area contributed by atoms with E-state index in [2.05, 4.69) is 146 Å². The number of carboxylic acids is 2. The van der Waals surface area contributed by atoms with E-state index in [1.54, 1.807) is 78.4 Å². The van der Waals surface area contributed by atoms with Gasteiger partial charge in [-0.15, -0.1) is 0 Å². The number of carbonyl (C=O) groups excluding carboxylic acids is 7. The SMILES string of the molecule is CC(C)(C)OC(=O)CCSCc1cccc(C(=O)Nc2ccc(N3CCCCC3)cc2-c2cc(C(=O)NCc3ccc(C(C)(C)C)cc3)ccn2)c1.CC(C)(C)OC(=O)CCSCc1cccc(C(=O)Nc2ccc(N3CCCCC3)cc2-c2cc(C(=O)O)ccn2)c1.CC(C)(C)c1ccc(CNC(=O)c2ccnc(-c3cc(N4CCCCC4)ccc3NC(=O)c3cccc(CSCCC(=O)O)c3)c2)cc1. The molecule has 8 aromatic carbocycles. The summed E-state index contributed by atoms with van der Waals surface area (Å²) in [6, 6.07) is 66.8. The molecule has 3 aliphatic rings. The molecular weight excluding hydrogens is 1830 g/mol. The van der Waals surface area contributed by atoms with Crippen molar-refractivity contribution in [2.45, 2.75) is 213 Å². The van der Waals surface area contributed by atoms with Gasteiger partial charge in [0.25, 0.3) is 29.5 Å². The summed E-state index contributed by atoms with van der Waals surface area (Å²) in [6.45, 7) is 30.8. The highest BCUT2D eigenvalue weighted by Crippen LogP contribution is 2.39. The number of esters is 2. The highest BCUT2D eigenvalue weighted by atomic mass is 32.2. The third-order valence-electron chi connectivity index (χ3n) is 23.9. The van der Waals surface area contributed by atoms with Crippen LogP contribution in [0.2, 0.25) is 0 Å². The van der Waals surface area contributed by atoms with Crippen LogP contribution in [0.15, 0.2) is 231 Å². The minimum atomic E-state index is -1.04. The number of aliphatic carboxylic acids is 1. The summed E-state index contributed by atoms with van der Waals surface area (Å²) in [7, 11) is 0. The van der Waals surface area contributed by atoms with Gasteiger partial charge in [0.05, 0.1) is 59.0 Å². The average Bonchev–Trinajstić information content (AvgIpc) is 0.801. The lowest BCUT2D eigenvalue weighted by Gasteiger charge is -2.29. The molecule has 0 spiro atoms. The number of rotatable bonds is 34. The Morgan fingerprint density at radius 2 is 0.624 bits per heavy atom. The molecule has 27 heteroatoms. The van der Waals surface area contributed by atoms with Crippen molar-refractivity contribution >= 4 is 123 Å². The zero-order valence-electron chi connectivity index (χ0n) is 83.1. The van der Waals surface area contributed by atoms with Crippen LogP contribution in [0.1, 0.15) is 261 Å². The summed E-state index contributed by atoms with van der Waals surface area (Å²) in [5, 5.41) is 33.8. The number of hydrogen-bond acceptors (Lipinski definition) is 20. The molecule has 0 radical (unpaired) electrons. The topological polar surface area (TPSA) is 321 Å². The number of aromatic nitrogens is 3. The maximum absolute atomic E-state index is 13.7. The number of benzene rings is 8. The summed E-state index contributed by atoms with van der Waals surface area (Å²) in [5.74, 6) is 0.264. The van der Waals surface area contributed by atoms with Crippen molar-refractivity contribution in [3.8, 4) is 33.8 Å². The van der Waals surface area contributed by atoms with Crippen molar-refractivity contribution in [3.63, 3.8) is 0 Å². The Labute approximate surface area is 842 Å². The molecule has 141 heavy (non-hydrogen) atoms. The monoisotopic (exact) mass is 1960 g/mol. The van der Waals surface area contributed by atoms with E-state index < -0.39 is 23.1 Å². The van der Waals surface area contributed by atoms with E-state index in [0.717, 1.165) is 134 Å². The number of anilines is 6. The lowest BCUT2D eigenvalue weighted by atomic mass is 9.87. The number of aromatic carboxylic acids is 1. The largest absolute Gasteiger partial charge is 0.481 e. The maximum Gasteiger partial charge on any atom is 0.335 e. The van der Waals surface area contributed by atoms with Crippen LogP contribution in [0.4, 0.5) is 34.1 Å². The molecule has 5 amide bonds. The lowest BCUT2D eigenvalue weighted by Crippen LogP contribution is -2.29. The van der Waals surface area contributed by atoms with Gasteiger partial charge in [0, 0.05) is 167 Å². The molecule has 3 aliphatic heterocycles. The first-order chi connectivity index (χ1) is 67.4. The van der Waals surface area contributed by atoms with Crippen molar-refractivity contribution in [1.29, 1.82) is 0 Å². The number of piperidine rings is 3. The first-order valence-corrected chi connectivity index (χ1v) is 52.0. The van der Waals surface area contributed by atoms with Crippen LogP contribution in [0.25, 0.3) is 33.8 Å². The Balaban J connectivity index is 0.000000190. The van der Waals surface area contributed by atoms with Gasteiger partial charge in [-0.25, -0.2) is 4.79 Å². The highest BCUT2D eigenvalue weighted by Gasteiger charge is 2.27. The fraction of sp³-hybridized carbons (Fsp3) is 0.368. The molecular formula is C114H133N11O13S3. The fourth-order valence-electron chi connectivity index (χ4n) is 16.4. The molecule has 3 fully saturated rings. The Hall–Kier alpha value is -13.1. The molecule has 0 unspecified atom stereocenters. The normalized spacial score (nSPS) is 13.3. The molecule has 3 saturated heterocycles. The van der Waals surface area contributed by atoms with Gasteiger partial charge in [-0.3, -0.25) is 53.3 Å². The minimum Gasteiger partial charge on any atom is -0.481 e. The smallest absolute Gasteiger partial charge is 0.335 e. The number of thioether (sulfide) groups is 3. The van der Waals surface area contributed by atoms with Crippen LogP contribution < -0.4 is 41.3 Å². The Morgan fingerprint density at radius 3 is 0.922 bits per heavy atom. The van der Waals surface area contributed by atoms with Crippen LogP contribution in [0.5, 0.6) is 0 Å². The number of nitrogens with one attached hydrogen (secondary N) is 5. The van der Waals surface area contributed by atoms with Gasteiger partial charge in [-0.1, -0.05) is 126 Å². The molecule has 3 aromatic heterocycles. The Kier molecular flexibility index (Phi) is 38.5. The summed E-state index contributed by atoms with van der Waals surface area (Å²) >= 11 is 4.76. The van der Waals surface area contributed by atoms with Crippen molar-refractivity contribution in [2.24, 2.45) is 0 Å². The van der Waals surface area contributed by atoms with Gasteiger partial charge in [0.1, 0.15) is 11.2 Å². The molecule has 7 N–H and O–H groups in total. The fourth-order valence-corrected chi connectivity index (χ4v) is 19.0. The predicted octanol–water partition coefficient (Wildman–Crippen LogP) is 23.8. The summed E-state index contributed by atoms with van der Waals surface area (Å²) < 4.78 is 10.8. The van der Waals surface area contributed by atoms with Crippen molar-refractivity contribution in [2.75, 3.05) is 87.2 Å². The number of ether oxygens (including phenoxy) is 2. The van der Waals surface area contributed by atoms with Crippen LogP contribution >= 0.6 is 35.3 Å². The van der Waals surface area contributed by atoms with E-state index in [9.17, 15) is 48.3 Å². The van der Waals surface area contributed by atoms with Crippen molar-refractivity contribution in [1.82, 2.24) is 25.6 Å². The summed E-state index contributed by atoms with van der Waals surface area (Å²) in [5.41, 5.74) is 18.0. The quantitative estimate of drug-likeness (QED) is 0.0146. The van der Waals surface area contributed by atoms with Crippen LogP contribution in [-0.4, -0.2) is 146 Å². The van der Waals surface area contributed by atoms with Crippen molar-refractivity contribution in [3.05, 3.63) is 303 Å². The zero-order chi connectivity index (χ0) is 101. The highest BCUT2D eigenvalue weighted by molar-refractivity contribution is 7.99. The molecule has 24 nitrogen and oxygen atoms in total. The van der Waals surface area contributed by atoms with Gasteiger partial charge >= 0.3 is 23.9 Å². The van der Waals surface area contributed by atoms with Gasteiger partial charge < -0.3 is 61.0 Å². The maximum atomic E-state index is 13.7. The van der Waals surface area contributed by atoms with Gasteiger partial charge in [-0.05, 0) is 276 Å². The second kappa shape index (κ2) is 50.8. The molecule has 6 heterocycles. The molecule has 740 valence electrons. The Morgan fingerprint density at radius 1 is 0.326 bits per heavy atom. The van der Waals surface area contributed by atoms with E-state index in [4.69, 9.17) is 14.6 Å². The molecule has 0 bridgehead atoms. The number of pyridine rings is 3. The number of amides is 5. The third kappa shape index (κ3) is 33.5. The molecule has 0 atom stereocenters. The van der Waals surface area contributed by atoms with Crippen LogP contribution in [-0.2, 0) is 65.0 Å². The number of hydrogen-bond donors (Lipinski definition) is 7. The van der Waals surface area contributed by atoms with E-state index in [-0.39, 0.29) is 64.3 Å². The second-order valence-electron chi connectivity index (χ2n) is 39.6. The van der Waals surface area contributed by atoms with E-state index in [0.29, 0.717) is 128 Å². The molecule has 11 aromatic rings. The standard InChI is InChI=1S/C43H52N4O4S.C39H44N4O4S.C32H37N3O5S/c1-42(2,3)34-15-13-30(14-16-34)28-45-40(49)33-19-21-44-38(26-33)36-27-35(47-22-8-7-9-23-47)17-18-37(36)46-41(50)32-12-10-11-31(25-32)29-52-24-20-39(48)51-43(4,5)6;1-39(2,3)31-12-10-27(11-13-31)25-41-37(46)30-16-18-40-35(23-30)33-24-32(43-19-5-4-6-20-43)14-15-34(33)42-38(47)29-9-7-8-28(22-29)26-48-21-17-36(44)45;1-32(2,3)40-29(36)13-17-41-21-22-8-7-9-23(18-22)30(37)34-27-11-10-25(35-15-5-4-6-16-35)20-26(27)28-19-24(31(38)39)12-14-33-28/h10-19,21,25-27H,7-9,20,22-24,28-29H2,1-6H3,(H,45,49)(H,46,50);7-16,18,22-24H,4-6,17,19-21,25-26H2,1-3H3,(H,41,46)(H,42,47)(H,44,45);7-12,14,18-20H,4-6,13,15-17,21H2,1-3H3,(H,34,37)(H,38,39). The predicted molar refractivity (Wildman–Crippen MR) is 572 cm³/mol.